The van der Waals surface area contributed by atoms with Gasteiger partial charge >= 0.3 is 7.12 Å². The van der Waals surface area contributed by atoms with Crippen molar-refractivity contribution in [2.45, 2.75) is 64.8 Å². The molecule has 2 aliphatic heterocycles. The van der Waals surface area contributed by atoms with E-state index in [1.807, 2.05) is 27.7 Å². The molecule has 2 saturated heterocycles. The summed E-state index contributed by atoms with van der Waals surface area (Å²) in [6.45, 7) is 11.6. The molecule has 0 aromatic carbocycles. The van der Waals surface area contributed by atoms with Crippen LogP contribution in [0.3, 0.4) is 0 Å². The van der Waals surface area contributed by atoms with Crippen molar-refractivity contribution in [3.63, 3.8) is 0 Å². The Morgan fingerprint density at radius 1 is 1.19 bits per heavy atom. The highest BCUT2D eigenvalue weighted by atomic mass is 19.1. The molecule has 0 aromatic heterocycles. The van der Waals surface area contributed by atoms with Gasteiger partial charge in [-0.15, -0.1) is 0 Å². The molecule has 0 aliphatic carbocycles. The van der Waals surface area contributed by atoms with Crippen molar-refractivity contribution in [1.29, 1.82) is 0 Å². The fraction of sp³-hybridized carbons (Fsp3) is 0.867. The molecule has 0 amide bonds. The normalized spacial score (nSPS) is 27.9. The van der Waals surface area contributed by atoms with E-state index < -0.39 is 18.3 Å². The summed E-state index contributed by atoms with van der Waals surface area (Å²) in [5, 5.41) is 9.51. The maximum atomic E-state index is 14.6. The minimum atomic E-state index is -0.912. The van der Waals surface area contributed by atoms with Crippen LogP contribution in [0.1, 0.15) is 47.5 Å². The lowest BCUT2D eigenvalue weighted by atomic mass is 9.85. The number of nitrogens with zero attached hydrogens (tertiary/aromatic N) is 1. The van der Waals surface area contributed by atoms with E-state index in [1.165, 1.54) is 0 Å². The fourth-order valence-electron chi connectivity index (χ4n) is 2.64. The molecule has 2 heterocycles. The summed E-state index contributed by atoms with van der Waals surface area (Å²) in [5.74, 6) is 0. The molecule has 2 aliphatic rings. The van der Waals surface area contributed by atoms with Gasteiger partial charge in [-0.2, -0.15) is 0 Å². The molecular weight excluding hydrogens is 272 g/mol. The molecule has 120 valence electrons. The van der Waals surface area contributed by atoms with Crippen LogP contribution in [0, 0.1) is 0 Å². The van der Waals surface area contributed by atoms with Crippen LogP contribution in [-0.2, 0) is 9.31 Å². The smallest absolute Gasteiger partial charge is 0.398 e. The summed E-state index contributed by atoms with van der Waals surface area (Å²) >= 11 is 0. The van der Waals surface area contributed by atoms with Gasteiger partial charge in [-0.1, -0.05) is 0 Å². The second-order valence-electron chi connectivity index (χ2n) is 7.22. The van der Waals surface area contributed by atoms with E-state index in [1.54, 1.807) is 6.92 Å². The lowest BCUT2D eigenvalue weighted by molar-refractivity contribution is 0.00578. The van der Waals surface area contributed by atoms with Gasteiger partial charge in [-0.3, -0.25) is 4.90 Å². The van der Waals surface area contributed by atoms with Gasteiger partial charge in [-0.25, -0.2) is 4.39 Å². The minimum absolute atomic E-state index is 0.210. The molecule has 0 radical (unpaired) electrons. The number of aliphatic hydroxyl groups is 1. The molecule has 2 rings (SSSR count). The third-order valence-electron chi connectivity index (χ3n) is 4.89. The lowest BCUT2D eigenvalue weighted by Crippen LogP contribution is -2.41. The van der Waals surface area contributed by atoms with E-state index in [9.17, 15) is 9.50 Å². The van der Waals surface area contributed by atoms with Gasteiger partial charge < -0.3 is 14.4 Å². The average molecular weight is 299 g/mol. The molecule has 0 atom stereocenters. The molecule has 4 nitrogen and oxygen atoms in total. The largest absolute Gasteiger partial charge is 0.525 e. The highest BCUT2D eigenvalue weighted by Crippen LogP contribution is 2.39. The zero-order chi connectivity index (χ0) is 15.8. The quantitative estimate of drug-likeness (QED) is 0.812. The Hall–Kier alpha value is -0.425. The van der Waals surface area contributed by atoms with Crippen molar-refractivity contribution < 1.29 is 18.8 Å². The number of hydrogen-bond acceptors (Lipinski definition) is 4. The van der Waals surface area contributed by atoms with Gasteiger partial charge in [0.1, 0.15) is 5.73 Å². The van der Waals surface area contributed by atoms with Crippen LogP contribution in [0.4, 0.5) is 4.39 Å². The predicted octanol–water partition coefficient (Wildman–Crippen LogP) is 2.32. The van der Waals surface area contributed by atoms with E-state index in [0.717, 1.165) is 25.9 Å². The van der Waals surface area contributed by atoms with Crippen LogP contribution in [-0.4, -0.2) is 54.1 Å². The number of hydrogen-bond donors (Lipinski definition) is 1. The molecule has 0 unspecified atom stereocenters. The highest BCUT2D eigenvalue weighted by molar-refractivity contribution is 6.53. The van der Waals surface area contributed by atoms with Gasteiger partial charge in [0.15, 0.2) is 0 Å². The second kappa shape index (κ2) is 5.99. The van der Waals surface area contributed by atoms with Gasteiger partial charge in [0.05, 0.1) is 17.3 Å². The van der Waals surface area contributed by atoms with E-state index >= 15 is 0 Å². The van der Waals surface area contributed by atoms with Crippen molar-refractivity contribution in [2.24, 2.45) is 0 Å². The number of rotatable bonds is 3. The van der Waals surface area contributed by atoms with Crippen molar-refractivity contribution in [2.75, 3.05) is 19.6 Å². The van der Waals surface area contributed by atoms with E-state index in [4.69, 9.17) is 9.31 Å². The average Bonchev–Trinajstić information content (AvgIpc) is 2.60. The summed E-state index contributed by atoms with van der Waals surface area (Å²) in [6.07, 6.45) is 1.30. The number of piperidine rings is 1. The van der Waals surface area contributed by atoms with Crippen LogP contribution < -0.4 is 0 Å². The van der Waals surface area contributed by atoms with Gasteiger partial charge in [0.25, 0.3) is 0 Å². The predicted molar refractivity (Wildman–Crippen MR) is 81.6 cm³/mol. The first-order valence-electron chi connectivity index (χ1n) is 7.73. The van der Waals surface area contributed by atoms with Crippen molar-refractivity contribution in [3.8, 4) is 0 Å². The monoisotopic (exact) mass is 299 g/mol. The molecule has 21 heavy (non-hydrogen) atoms. The third kappa shape index (κ3) is 3.67. The molecule has 2 fully saturated rings. The highest BCUT2D eigenvalue weighted by Gasteiger charge is 2.53. The topological polar surface area (TPSA) is 41.9 Å². The van der Waals surface area contributed by atoms with Crippen LogP contribution in [0.15, 0.2) is 11.3 Å². The summed E-state index contributed by atoms with van der Waals surface area (Å²) in [5.41, 5.74) is -0.723. The Balaban J connectivity index is 1.99. The van der Waals surface area contributed by atoms with Crippen LogP contribution >= 0.6 is 0 Å². The molecule has 0 aromatic rings. The van der Waals surface area contributed by atoms with Gasteiger partial charge in [0, 0.05) is 19.6 Å². The van der Waals surface area contributed by atoms with Gasteiger partial charge in [0.2, 0.25) is 0 Å². The Bertz CT molecular complexity index is 401. The fourth-order valence-corrected chi connectivity index (χ4v) is 2.64. The number of likely N-dealkylation sites (tertiary alicyclic amines) is 1. The number of aliphatic hydroxyl groups excluding tert-OH is 1. The lowest BCUT2D eigenvalue weighted by Gasteiger charge is -2.32. The second-order valence-corrected chi connectivity index (χ2v) is 7.22. The van der Waals surface area contributed by atoms with Gasteiger partial charge in [-0.05, 0) is 53.0 Å². The molecule has 6 heteroatoms. The number of halogens is 1. The van der Waals surface area contributed by atoms with E-state index in [2.05, 4.69) is 4.90 Å². The Kier molecular flexibility index (Phi) is 4.83. The standard InChI is InChI=1S/C15H27BFNO3/c1-11(10-18-8-6-12(19)7-9-18)13(17)16-20-14(2,3)15(4,5)21-16/h12,19H,6-10H2,1-5H3. The zero-order valence-electron chi connectivity index (χ0n) is 13.8. The molecule has 0 spiro atoms. The van der Waals surface area contributed by atoms with Crippen LogP contribution in [0.25, 0.3) is 0 Å². The third-order valence-corrected chi connectivity index (χ3v) is 4.89. The Morgan fingerprint density at radius 2 is 1.67 bits per heavy atom. The zero-order valence-corrected chi connectivity index (χ0v) is 13.8. The van der Waals surface area contributed by atoms with Crippen molar-refractivity contribution in [1.82, 2.24) is 4.90 Å². The first-order chi connectivity index (χ1) is 9.62. The minimum Gasteiger partial charge on any atom is -0.398 e. The summed E-state index contributed by atoms with van der Waals surface area (Å²) < 4.78 is 26.1. The van der Waals surface area contributed by atoms with Crippen LogP contribution in [0.5, 0.6) is 0 Å². The SMILES string of the molecule is CC(CN1CCC(O)CC1)=C(F)B1OC(C)(C)C(C)(C)O1. The van der Waals surface area contributed by atoms with E-state index in [-0.39, 0.29) is 11.8 Å². The molecule has 0 saturated carbocycles. The first kappa shape index (κ1) is 16.9. The maximum Gasteiger partial charge on any atom is 0.525 e. The Morgan fingerprint density at radius 3 is 2.14 bits per heavy atom. The van der Waals surface area contributed by atoms with Crippen molar-refractivity contribution in [3.05, 3.63) is 11.3 Å². The maximum absolute atomic E-state index is 14.6. The molecule has 0 bridgehead atoms. The molecular formula is C15H27BFNO3. The van der Waals surface area contributed by atoms with Crippen LogP contribution in [0.2, 0.25) is 0 Å². The molecule has 1 N–H and O–H groups in total. The summed E-state index contributed by atoms with van der Waals surface area (Å²) in [4.78, 5) is 2.16. The van der Waals surface area contributed by atoms with Crippen molar-refractivity contribution >= 4 is 7.12 Å². The van der Waals surface area contributed by atoms with E-state index in [0.29, 0.717) is 12.1 Å². The first-order valence-corrected chi connectivity index (χ1v) is 7.73. The summed E-state index contributed by atoms with van der Waals surface area (Å²) in [6, 6.07) is 0. The Labute approximate surface area is 127 Å². The summed E-state index contributed by atoms with van der Waals surface area (Å²) in [7, 11) is -0.912.